The van der Waals surface area contributed by atoms with E-state index >= 15 is 0 Å². The number of hydrogen-bond acceptors (Lipinski definition) is 4. The molecule has 2 saturated heterocycles. The van der Waals surface area contributed by atoms with Gasteiger partial charge in [-0.2, -0.15) is 4.31 Å². The molecule has 3 heterocycles. The van der Waals surface area contributed by atoms with Gasteiger partial charge in [0.05, 0.1) is 17.0 Å². The summed E-state index contributed by atoms with van der Waals surface area (Å²) in [6.45, 7) is 1.50. The van der Waals surface area contributed by atoms with Crippen molar-refractivity contribution in [1.29, 1.82) is 0 Å². The molecular formula is C26H29N3O4S. The van der Waals surface area contributed by atoms with E-state index in [1.807, 2.05) is 36.3 Å². The zero-order valence-electron chi connectivity index (χ0n) is 19.3. The average molecular weight is 480 g/mol. The number of morpholine rings is 1. The van der Waals surface area contributed by atoms with E-state index < -0.39 is 15.6 Å². The van der Waals surface area contributed by atoms with Gasteiger partial charge in [0.15, 0.2) is 0 Å². The summed E-state index contributed by atoms with van der Waals surface area (Å²) in [5.41, 5.74) is 2.81. The summed E-state index contributed by atoms with van der Waals surface area (Å²) >= 11 is 0. The lowest BCUT2D eigenvalue weighted by atomic mass is 9.90. The van der Waals surface area contributed by atoms with Gasteiger partial charge in [-0.25, -0.2) is 8.42 Å². The molecule has 3 fully saturated rings. The van der Waals surface area contributed by atoms with E-state index in [-0.39, 0.29) is 12.5 Å². The van der Waals surface area contributed by atoms with Crippen LogP contribution < -0.4 is 0 Å². The van der Waals surface area contributed by atoms with E-state index in [0.717, 1.165) is 34.9 Å². The van der Waals surface area contributed by atoms with Crippen LogP contribution in [0.3, 0.4) is 0 Å². The van der Waals surface area contributed by atoms with Crippen LogP contribution in [0.5, 0.6) is 0 Å². The minimum atomic E-state index is -3.59. The first-order valence-electron chi connectivity index (χ1n) is 11.9. The molecule has 8 heteroatoms. The number of ether oxygens (including phenoxy) is 1. The van der Waals surface area contributed by atoms with E-state index in [4.69, 9.17) is 4.74 Å². The summed E-state index contributed by atoms with van der Waals surface area (Å²) in [5.74, 6) is 0.0643. The second-order valence-corrected chi connectivity index (χ2v) is 11.8. The molecule has 1 amide bonds. The summed E-state index contributed by atoms with van der Waals surface area (Å²) in [7, 11) is -1.57. The van der Waals surface area contributed by atoms with Crippen molar-refractivity contribution in [2.45, 2.75) is 42.2 Å². The highest BCUT2D eigenvalue weighted by Gasteiger charge is 2.47. The van der Waals surface area contributed by atoms with E-state index in [0.29, 0.717) is 43.4 Å². The molecule has 3 aromatic rings. The maximum absolute atomic E-state index is 13.4. The van der Waals surface area contributed by atoms with Crippen molar-refractivity contribution in [2.24, 2.45) is 7.05 Å². The fourth-order valence-electron chi connectivity index (χ4n) is 5.41. The first-order chi connectivity index (χ1) is 16.4. The zero-order valence-corrected chi connectivity index (χ0v) is 20.1. The lowest BCUT2D eigenvalue weighted by molar-refractivity contribution is -0.170. The number of aryl methyl sites for hydroxylation is 1. The number of rotatable bonds is 4. The SMILES string of the molecule is Cn1ccc2c(-c3ccc(S(=O)(=O)N4CCC5(CC4)CN(C4CC4)C(=O)CO5)cc3)cccc21. The van der Waals surface area contributed by atoms with Crippen LogP contribution in [0.25, 0.3) is 22.0 Å². The number of sulfonamides is 1. The number of carbonyl (C=O) groups excluding carboxylic acids is 1. The molecule has 1 saturated carbocycles. The van der Waals surface area contributed by atoms with Gasteiger partial charge in [0, 0.05) is 43.3 Å². The monoisotopic (exact) mass is 479 g/mol. The van der Waals surface area contributed by atoms with E-state index in [9.17, 15) is 13.2 Å². The van der Waals surface area contributed by atoms with Gasteiger partial charge >= 0.3 is 0 Å². The van der Waals surface area contributed by atoms with Crippen LogP contribution in [0.2, 0.25) is 0 Å². The topological polar surface area (TPSA) is 71.9 Å². The number of benzene rings is 2. The van der Waals surface area contributed by atoms with Crippen molar-refractivity contribution >= 4 is 26.8 Å². The van der Waals surface area contributed by atoms with Crippen LogP contribution in [0.4, 0.5) is 0 Å². The molecule has 34 heavy (non-hydrogen) atoms. The fraction of sp³-hybridized carbons (Fsp3) is 0.423. The van der Waals surface area contributed by atoms with E-state index in [1.165, 1.54) is 0 Å². The van der Waals surface area contributed by atoms with Gasteiger partial charge in [0.1, 0.15) is 6.61 Å². The Morgan fingerprint density at radius 1 is 1.00 bits per heavy atom. The van der Waals surface area contributed by atoms with Crippen LogP contribution in [0.1, 0.15) is 25.7 Å². The maximum Gasteiger partial charge on any atom is 0.248 e. The van der Waals surface area contributed by atoms with Crippen molar-refractivity contribution in [3.63, 3.8) is 0 Å². The summed E-state index contributed by atoms with van der Waals surface area (Å²) in [6, 6.07) is 15.8. The molecule has 0 radical (unpaired) electrons. The van der Waals surface area contributed by atoms with Crippen molar-refractivity contribution < 1.29 is 17.9 Å². The largest absolute Gasteiger partial charge is 0.363 e. The van der Waals surface area contributed by atoms with Gasteiger partial charge < -0.3 is 14.2 Å². The van der Waals surface area contributed by atoms with Crippen molar-refractivity contribution in [2.75, 3.05) is 26.2 Å². The molecule has 6 rings (SSSR count). The van der Waals surface area contributed by atoms with Crippen molar-refractivity contribution in [3.05, 3.63) is 54.7 Å². The summed E-state index contributed by atoms with van der Waals surface area (Å²) in [4.78, 5) is 14.5. The third kappa shape index (κ3) is 3.65. The Bertz CT molecular complexity index is 1350. The molecule has 2 aromatic carbocycles. The normalized spacial score (nSPS) is 21.4. The Morgan fingerprint density at radius 3 is 2.44 bits per heavy atom. The van der Waals surface area contributed by atoms with Gasteiger partial charge in [-0.3, -0.25) is 4.79 Å². The molecule has 0 bridgehead atoms. The maximum atomic E-state index is 13.4. The lowest BCUT2D eigenvalue weighted by Crippen LogP contribution is -2.59. The third-order valence-electron chi connectivity index (χ3n) is 7.63. The summed E-state index contributed by atoms with van der Waals surface area (Å²) in [6.07, 6.45) is 5.38. The predicted octanol–water partition coefficient (Wildman–Crippen LogP) is 3.39. The number of amides is 1. The van der Waals surface area contributed by atoms with Crippen LogP contribution in [0, 0.1) is 0 Å². The number of aromatic nitrogens is 1. The average Bonchev–Trinajstić information content (AvgIpc) is 3.63. The molecular weight excluding hydrogens is 450 g/mol. The molecule has 7 nitrogen and oxygen atoms in total. The van der Waals surface area contributed by atoms with Gasteiger partial charge in [-0.15, -0.1) is 0 Å². The second kappa shape index (κ2) is 7.93. The van der Waals surface area contributed by atoms with E-state index in [1.54, 1.807) is 16.4 Å². The quantitative estimate of drug-likeness (QED) is 0.575. The fourth-order valence-corrected chi connectivity index (χ4v) is 6.85. The minimum Gasteiger partial charge on any atom is -0.363 e. The van der Waals surface area contributed by atoms with Gasteiger partial charge in [-0.1, -0.05) is 24.3 Å². The Labute approximate surface area is 200 Å². The van der Waals surface area contributed by atoms with Crippen LogP contribution in [-0.4, -0.2) is 66.0 Å². The van der Waals surface area contributed by atoms with Crippen molar-refractivity contribution in [3.8, 4) is 11.1 Å². The molecule has 0 unspecified atom stereocenters. The minimum absolute atomic E-state index is 0.0643. The standard InChI is InChI=1S/C26H29N3O4S/c1-27-14-11-23-22(3-2-4-24(23)27)19-5-9-21(10-6-19)34(31,32)28-15-12-26(13-16-28)18-29(20-7-8-20)25(30)17-33-26/h2-6,9-11,14,20H,7-8,12-13,15-18H2,1H3. The molecule has 1 aliphatic carbocycles. The first-order valence-corrected chi connectivity index (χ1v) is 13.4. The first kappa shape index (κ1) is 21.8. The van der Waals surface area contributed by atoms with E-state index in [2.05, 4.69) is 22.8 Å². The highest BCUT2D eigenvalue weighted by atomic mass is 32.2. The number of hydrogen-bond donors (Lipinski definition) is 0. The molecule has 178 valence electrons. The molecule has 1 spiro atoms. The predicted molar refractivity (Wildman–Crippen MR) is 130 cm³/mol. The summed E-state index contributed by atoms with van der Waals surface area (Å²) in [5, 5.41) is 1.15. The second-order valence-electron chi connectivity index (χ2n) is 9.82. The molecule has 0 atom stereocenters. The Hall–Kier alpha value is -2.68. The number of nitrogens with zero attached hydrogens (tertiary/aromatic N) is 3. The Morgan fingerprint density at radius 2 is 1.74 bits per heavy atom. The zero-order chi connectivity index (χ0) is 23.5. The summed E-state index contributed by atoms with van der Waals surface area (Å²) < 4.78 is 36.4. The van der Waals surface area contributed by atoms with Crippen molar-refractivity contribution in [1.82, 2.24) is 13.8 Å². The highest BCUT2D eigenvalue weighted by molar-refractivity contribution is 7.89. The third-order valence-corrected chi connectivity index (χ3v) is 9.55. The smallest absolute Gasteiger partial charge is 0.248 e. The van der Waals surface area contributed by atoms with Crippen LogP contribution in [0.15, 0.2) is 59.6 Å². The number of fused-ring (bicyclic) bond motifs is 1. The van der Waals surface area contributed by atoms with Gasteiger partial charge in [0.2, 0.25) is 15.9 Å². The molecule has 2 aliphatic heterocycles. The molecule has 3 aliphatic rings. The number of piperidine rings is 1. The Balaban J connectivity index is 1.19. The number of carbonyl (C=O) groups is 1. The Kier molecular flexibility index (Phi) is 5.09. The molecule has 0 N–H and O–H groups in total. The molecule has 1 aromatic heterocycles. The van der Waals surface area contributed by atoms with Crippen LogP contribution in [-0.2, 0) is 26.6 Å². The highest BCUT2D eigenvalue weighted by Crippen LogP contribution is 2.37. The van der Waals surface area contributed by atoms with Crippen LogP contribution >= 0.6 is 0 Å². The lowest BCUT2D eigenvalue weighted by Gasteiger charge is -2.46. The van der Waals surface area contributed by atoms with Gasteiger partial charge in [-0.05, 0) is 61.1 Å². The van der Waals surface area contributed by atoms with Gasteiger partial charge in [0.25, 0.3) is 0 Å².